The Labute approximate surface area is 138 Å². The van der Waals surface area contributed by atoms with Crippen LogP contribution in [0.25, 0.3) is 0 Å². The number of rotatable bonds is 10. The van der Waals surface area contributed by atoms with Crippen molar-refractivity contribution < 1.29 is 14.1 Å². The minimum absolute atomic E-state index is 0.00333. The maximum atomic E-state index is 12.7. The van der Waals surface area contributed by atoms with Crippen molar-refractivity contribution >= 4 is 17.6 Å². The summed E-state index contributed by atoms with van der Waals surface area (Å²) in [7, 11) is 0. The maximum absolute atomic E-state index is 12.7. The largest absolute Gasteiger partial charge is 0.360 e. The van der Waals surface area contributed by atoms with Crippen molar-refractivity contribution in [3.63, 3.8) is 0 Å². The van der Waals surface area contributed by atoms with Crippen LogP contribution in [0.15, 0.2) is 10.6 Å². The highest BCUT2D eigenvalue weighted by molar-refractivity contribution is 5.94. The van der Waals surface area contributed by atoms with Crippen molar-refractivity contribution in [2.75, 3.05) is 18.4 Å². The summed E-state index contributed by atoms with van der Waals surface area (Å²) in [6.07, 6.45) is 4.63. The number of aromatic nitrogens is 1. The van der Waals surface area contributed by atoms with Gasteiger partial charge >= 0.3 is 0 Å². The minimum atomic E-state index is -0.245. The fourth-order valence-electron chi connectivity index (χ4n) is 2.53. The SMILES string of the molecule is CCCCC(CC)C(=O)N(CCC)CC(=O)Nc1cc(C)on1. The van der Waals surface area contributed by atoms with E-state index in [9.17, 15) is 9.59 Å². The van der Waals surface area contributed by atoms with E-state index in [4.69, 9.17) is 4.52 Å². The van der Waals surface area contributed by atoms with Crippen molar-refractivity contribution in [3.8, 4) is 0 Å². The molecule has 23 heavy (non-hydrogen) atoms. The number of unbranched alkanes of at least 4 members (excludes halogenated alkanes) is 1. The van der Waals surface area contributed by atoms with E-state index in [1.165, 1.54) is 0 Å². The molecule has 1 N–H and O–H groups in total. The Bertz CT molecular complexity index is 499. The molecular weight excluding hydrogens is 294 g/mol. The Balaban J connectivity index is 2.64. The van der Waals surface area contributed by atoms with Crippen molar-refractivity contribution in [1.82, 2.24) is 10.1 Å². The van der Waals surface area contributed by atoms with E-state index in [2.05, 4.69) is 17.4 Å². The van der Waals surface area contributed by atoms with Crippen LogP contribution in [0.1, 0.15) is 58.6 Å². The van der Waals surface area contributed by atoms with Gasteiger partial charge in [0.1, 0.15) is 5.76 Å². The zero-order valence-corrected chi connectivity index (χ0v) is 14.7. The molecule has 6 heteroatoms. The van der Waals surface area contributed by atoms with Gasteiger partial charge in [0.2, 0.25) is 11.8 Å². The second kappa shape index (κ2) is 10.0. The number of hydrogen-bond acceptors (Lipinski definition) is 4. The zero-order chi connectivity index (χ0) is 17.2. The number of carbonyl (C=O) groups excluding carboxylic acids is 2. The lowest BCUT2D eigenvalue weighted by Gasteiger charge is -2.26. The molecular formula is C17H29N3O3. The van der Waals surface area contributed by atoms with Crippen molar-refractivity contribution in [3.05, 3.63) is 11.8 Å². The predicted molar refractivity (Wildman–Crippen MR) is 90.0 cm³/mol. The van der Waals surface area contributed by atoms with Crippen LogP contribution in [0.5, 0.6) is 0 Å². The molecule has 1 atom stereocenters. The van der Waals surface area contributed by atoms with Crippen LogP contribution >= 0.6 is 0 Å². The van der Waals surface area contributed by atoms with Gasteiger partial charge in [-0.1, -0.05) is 38.8 Å². The Morgan fingerprint density at radius 1 is 1.30 bits per heavy atom. The number of nitrogens with zero attached hydrogens (tertiary/aromatic N) is 2. The summed E-state index contributed by atoms with van der Waals surface area (Å²) in [5.74, 6) is 0.852. The number of aryl methyl sites for hydroxylation is 1. The lowest BCUT2D eigenvalue weighted by Crippen LogP contribution is -2.41. The highest BCUT2D eigenvalue weighted by Crippen LogP contribution is 2.16. The third-order valence-electron chi connectivity index (χ3n) is 3.78. The molecule has 1 aromatic rings. The van der Waals surface area contributed by atoms with Gasteiger partial charge in [-0.05, 0) is 26.2 Å². The minimum Gasteiger partial charge on any atom is -0.360 e. The van der Waals surface area contributed by atoms with Crippen molar-refractivity contribution in [2.45, 2.75) is 59.8 Å². The third-order valence-corrected chi connectivity index (χ3v) is 3.78. The number of carbonyl (C=O) groups is 2. The first-order valence-corrected chi connectivity index (χ1v) is 8.53. The first-order valence-electron chi connectivity index (χ1n) is 8.53. The summed E-state index contributed by atoms with van der Waals surface area (Å²) in [5.41, 5.74) is 0. The van der Waals surface area contributed by atoms with Gasteiger partial charge in [0.15, 0.2) is 5.82 Å². The monoisotopic (exact) mass is 323 g/mol. The maximum Gasteiger partial charge on any atom is 0.245 e. The van der Waals surface area contributed by atoms with Gasteiger partial charge in [0.25, 0.3) is 0 Å². The highest BCUT2D eigenvalue weighted by Gasteiger charge is 2.24. The van der Waals surface area contributed by atoms with E-state index in [1.54, 1.807) is 17.9 Å². The Kier molecular flexibility index (Phi) is 8.37. The van der Waals surface area contributed by atoms with Gasteiger partial charge in [-0.3, -0.25) is 9.59 Å². The van der Waals surface area contributed by atoms with E-state index in [0.29, 0.717) is 18.1 Å². The topological polar surface area (TPSA) is 75.4 Å². The molecule has 0 saturated carbocycles. The van der Waals surface area contributed by atoms with Crippen LogP contribution in [0.3, 0.4) is 0 Å². The van der Waals surface area contributed by atoms with Gasteiger partial charge in [0, 0.05) is 18.5 Å². The van der Waals surface area contributed by atoms with Crippen molar-refractivity contribution in [2.24, 2.45) is 5.92 Å². The number of amides is 2. The third kappa shape index (κ3) is 6.42. The van der Waals surface area contributed by atoms with Crippen molar-refractivity contribution in [1.29, 1.82) is 0 Å². The molecule has 0 saturated heterocycles. The molecule has 0 bridgehead atoms. The molecule has 0 aromatic carbocycles. The van der Waals surface area contributed by atoms with Crippen LogP contribution in [0, 0.1) is 12.8 Å². The van der Waals surface area contributed by atoms with E-state index < -0.39 is 0 Å². The lowest BCUT2D eigenvalue weighted by atomic mass is 9.97. The molecule has 0 aliphatic rings. The average Bonchev–Trinajstić information content (AvgIpc) is 2.92. The predicted octanol–water partition coefficient (Wildman–Crippen LogP) is 3.38. The molecule has 1 unspecified atom stereocenters. The summed E-state index contributed by atoms with van der Waals surface area (Å²) in [4.78, 5) is 26.5. The molecule has 1 rings (SSSR count). The van der Waals surface area contributed by atoms with Crippen LogP contribution in [0.4, 0.5) is 5.82 Å². The zero-order valence-electron chi connectivity index (χ0n) is 14.7. The number of anilines is 1. The highest BCUT2D eigenvalue weighted by atomic mass is 16.5. The summed E-state index contributed by atoms with van der Waals surface area (Å²) < 4.78 is 4.92. The fraction of sp³-hybridized carbons (Fsp3) is 0.706. The Morgan fingerprint density at radius 3 is 2.57 bits per heavy atom. The molecule has 1 aromatic heterocycles. The van der Waals surface area contributed by atoms with E-state index in [1.807, 2.05) is 13.8 Å². The average molecular weight is 323 g/mol. The van der Waals surface area contributed by atoms with Crippen LogP contribution in [-0.4, -0.2) is 35.0 Å². The molecule has 0 fully saturated rings. The van der Waals surface area contributed by atoms with Crippen LogP contribution < -0.4 is 5.32 Å². The molecule has 0 aliphatic heterocycles. The van der Waals surface area contributed by atoms with E-state index in [-0.39, 0.29) is 24.3 Å². The van der Waals surface area contributed by atoms with Gasteiger partial charge in [0.05, 0.1) is 6.54 Å². The molecule has 0 aliphatic carbocycles. The smallest absolute Gasteiger partial charge is 0.245 e. The quantitative estimate of drug-likeness (QED) is 0.716. The van der Waals surface area contributed by atoms with Gasteiger partial charge in [-0.2, -0.15) is 0 Å². The number of hydrogen-bond donors (Lipinski definition) is 1. The molecule has 2 amide bonds. The van der Waals surface area contributed by atoms with Crippen LogP contribution in [-0.2, 0) is 9.59 Å². The molecule has 1 heterocycles. The van der Waals surface area contributed by atoms with Gasteiger partial charge in [-0.15, -0.1) is 0 Å². The molecule has 130 valence electrons. The van der Waals surface area contributed by atoms with Gasteiger partial charge < -0.3 is 14.7 Å². The molecule has 0 radical (unpaired) electrons. The summed E-state index contributed by atoms with van der Waals surface area (Å²) in [6, 6.07) is 1.65. The fourth-order valence-corrected chi connectivity index (χ4v) is 2.53. The molecule has 6 nitrogen and oxygen atoms in total. The molecule has 0 spiro atoms. The summed E-state index contributed by atoms with van der Waals surface area (Å²) >= 11 is 0. The van der Waals surface area contributed by atoms with Crippen LogP contribution in [0.2, 0.25) is 0 Å². The Morgan fingerprint density at radius 2 is 2.04 bits per heavy atom. The number of nitrogens with one attached hydrogen (secondary N) is 1. The standard InChI is InChI=1S/C17H29N3O3/c1-5-8-9-14(7-3)17(22)20(10-6-2)12-16(21)18-15-11-13(4)23-19-15/h11,14H,5-10,12H2,1-4H3,(H,18,19,21). The summed E-state index contributed by atoms with van der Waals surface area (Å²) in [6.45, 7) is 8.56. The van der Waals surface area contributed by atoms with E-state index in [0.717, 1.165) is 32.1 Å². The van der Waals surface area contributed by atoms with E-state index >= 15 is 0 Å². The second-order valence-electron chi connectivity index (χ2n) is 5.88. The summed E-state index contributed by atoms with van der Waals surface area (Å²) in [5, 5.41) is 6.40. The first kappa shape index (κ1) is 19.2. The lowest BCUT2D eigenvalue weighted by molar-refractivity contribution is -0.138. The Hall–Kier alpha value is -1.85. The first-order chi connectivity index (χ1) is 11.0. The second-order valence-corrected chi connectivity index (χ2v) is 5.88. The normalized spacial score (nSPS) is 12.0. The van der Waals surface area contributed by atoms with Gasteiger partial charge in [-0.25, -0.2) is 0 Å².